The van der Waals surface area contributed by atoms with E-state index >= 15 is 0 Å². The van der Waals surface area contributed by atoms with E-state index in [1.807, 2.05) is 51.2 Å². The summed E-state index contributed by atoms with van der Waals surface area (Å²) in [7, 11) is 0. The zero-order chi connectivity index (χ0) is 19.1. The standard InChI is InChI=1S/C20H21N5O2/c1-11-10-14(17(21)16-12(2)13(3)22-18(11)16)23-19-15-6-4-5-7-25(15)24-20(19)27-9-8-26/h4-7,10,21-22,26H,8-9H2,1-3H3/b21-17?,23-14+. The summed E-state index contributed by atoms with van der Waals surface area (Å²) in [6.07, 6.45) is 3.72. The van der Waals surface area contributed by atoms with Crippen molar-refractivity contribution in [3.63, 3.8) is 0 Å². The van der Waals surface area contributed by atoms with Gasteiger partial charge < -0.3 is 14.8 Å². The molecule has 0 saturated carbocycles. The highest BCUT2D eigenvalue weighted by Gasteiger charge is 2.25. The number of hydrogen-bond acceptors (Lipinski definition) is 5. The molecule has 0 aliphatic heterocycles. The Labute approximate surface area is 156 Å². The van der Waals surface area contributed by atoms with Gasteiger partial charge in [0.1, 0.15) is 6.61 Å². The number of H-pyrrole nitrogens is 1. The van der Waals surface area contributed by atoms with Crippen molar-refractivity contribution in [3.8, 4) is 5.88 Å². The van der Waals surface area contributed by atoms with Crippen molar-refractivity contribution in [3.05, 3.63) is 53.0 Å². The summed E-state index contributed by atoms with van der Waals surface area (Å²) < 4.78 is 7.27. The van der Waals surface area contributed by atoms with Gasteiger partial charge in [0.2, 0.25) is 0 Å². The molecule has 7 nitrogen and oxygen atoms in total. The fourth-order valence-corrected chi connectivity index (χ4v) is 3.32. The number of aromatic amines is 1. The number of rotatable bonds is 4. The van der Waals surface area contributed by atoms with E-state index in [-0.39, 0.29) is 13.2 Å². The Morgan fingerprint density at radius 3 is 2.89 bits per heavy atom. The number of nitrogens with one attached hydrogen (secondary N) is 2. The average Bonchev–Trinajstić information content (AvgIpc) is 3.16. The van der Waals surface area contributed by atoms with Gasteiger partial charge in [-0.05, 0) is 50.1 Å². The van der Waals surface area contributed by atoms with Crippen LogP contribution in [0.3, 0.4) is 0 Å². The number of fused-ring (bicyclic) bond motifs is 2. The van der Waals surface area contributed by atoms with Crippen molar-refractivity contribution < 1.29 is 9.84 Å². The van der Waals surface area contributed by atoms with Gasteiger partial charge in [0.25, 0.3) is 5.88 Å². The molecule has 7 heteroatoms. The second-order valence-electron chi connectivity index (χ2n) is 6.58. The summed E-state index contributed by atoms with van der Waals surface area (Å²) in [6, 6.07) is 5.68. The van der Waals surface area contributed by atoms with Crippen LogP contribution in [-0.4, -0.2) is 44.3 Å². The number of hydrogen-bond donors (Lipinski definition) is 3. The van der Waals surface area contributed by atoms with Gasteiger partial charge in [0, 0.05) is 17.5 Å². The second kappa shape index (κ2) is 6.51. The first-order valence-corrected chi connectivity index (χ1v) is 8.78. The Morgan fingerprint density at radius 1 is 1.30 bits per heavy atom. The van der Waals surface area contributed by atoms with Crippen LogP contribution in [0.2, 0.25) is 0 Å². The first kappa shape index (κ1) is 17.2. The Balaban J connectivity index is 1.88. The van der Waals surface area contributed by atoms with E-state index in [2.05, 4.69) is 10.1 Å². The van der Waals surface area contributed by atoms with Gasteiger partial charge in [-0.25, -0.2) is 9.51 Å². The molecular formula is C20H21N5O2. The van der Waals surface area contributed by atoms with E-state index in [1.165, 1.54) is 0 Å². The van der Waals surface area contributed by atoms with Crippen LogP contribution < -0.4 is 4.74 Å². The van der Waals surface area contributed by atoms with Crippen molar-refractivity contribution in [2.24, 2.45) is 4.99 Å². The van der Waals surface area contributed by atoms with Gasteiger partial charge in [-0.1, -0.05) is 6.07 Å². The predicted molar refractivity (Wildman–Crippen MR) is 106 cm³/mol. The highest BCUT2D eigenvalue weighted by Crippen LogP contribution is 2.34. The van der Waals surface area contributed by atoms with Gasteiger partial charge >= 0.3 is 0 Å². The number of aliphatic imine (C=N–C) groups is 1. The van der Waals surface area contributed by atoms with Crippen LogP contribution in [0.15, 0.2) is 35.5 Å². The summed E-state index contributed by atoms with van der Waals surface area (Å²) in [5, 5.41) is 22.2. The number of pyridine rings is 1. The molecule has 3 N–H and O–H groups in total. The number of allylic oxidation sites excluding steroid dienone is 2. The highest BCUT2D eigenvalue weighted by atomic mass is 16.5. The molecule has 138 valence electrons. The SMILES string of the molecule is CC1=C/C(=N\c2c(OCCO)nn3ccccc23)C(=N)c2c1[nH]c(C)c2C. The fourth-order valence-electron chi connectivity index (χ4n) is 3.32. The minimum absolute atomic E-state index is 0.107. The maximum absolute atomic E-state index is 9.09. The van der Waals surface area contributed by atoms with Crippen LogP contribution in [0.5, 0.6) is 5.88 Å². The molecule has 3 aromatic heterocycles. The summed E-state index contributed by atoms with van der Waals surface area (Å²) in [5.74, 6) is 0.342. The molecule has 3 heterocycles. The topological polar surface area (TPSA) is 98.8 Å². The highest BCUT2D eigenvalue weighted by molar-refractivity contribution is 6.54. The lowest BCUT2D eigenvalue weighted by Gasteiger charge is -2.15. The largest absolute Gasteiger partial charge is 0.473 e. The summed E-state index contributed by atoms with van der Waals surface area (Å²) in [6.45, 7) is 6.06. The lowest BCUT2D eigenvalue weighted by Crippen LogP contribution is -2.18. The van der Waals surface area contributed by atoms with Crippen molar-refractivity contribution in [2.45, 2.75) is 20.8 Å². The number of nitrogens with zero attached hydrogens (tertiary/aromatic N) is 3. The number of aromatic nitrogens is 3. The minimum Gasteiger partial charge on any atom is -0.473 e. The van der Waals surface area contributed by atoms with E-state index in [0.29, 0.717) is 23.0 Å². The van der Waals surface area contributed by atoms with E-state index < -0.39 is 0 Å². The van der Waals surface area contributed by atoms with E-state index in [4.69, 9.17) is 20.2 Å². The van der Waals surface area contributed by atoms with Crippen LogP contribution in [0.1, 0.15) is 29.4 Å². The minimum atomic E-state index is -0.107. The summed E-state index contributed by atoms with van der Waals surface area (Å²) >= 11 is 0. The molecule has 0 saturated heterocycles. The molecule has 0 fully saturated rings. The number of ether oxygens (including phenoxy) is 1. The second-order valence-corrected chi connectivity index (χ2v) is 6.58. The molecule has 27 heavy (non-hydrogen) atoms. The summed E-state index contributed by atoms with van der Waals surface area (Å²) in [5.41, 5.74) is 7.30. The van der Waals surface area contributed by atoms with Gasteiger partial charge in [-0.3, -0.25) is 5.41 Å². The molecule has 1 aliphatic rings. The predicted octanol–water partition coefficient (Wildman–Crippen LogP) is 3.21. The Bertz CT molecular complexity index is 1120. The third kappa shape index (κ3) is 2.76. The number of aliphatic hydroxyl groups is 1. The van der Waals surface area contributed by atoms with Crippen LogP contribution in [0.25, 0.3) is 11.1 Å². The third-order valence-corrected chi connectivity index (χ3v) is 4.80. The van der Waals surface area contributed by atoms with E-state index in [0.717, 1.165) is 33.6 Å². The van der Waals surface area contributed by atoms with E-state index in [9.17, 15) is 0 Å². The van der Waals surface area contributed by atoms with Crippen molar-refractivity contribution in [1.82, 2.24) is 14.6 Å². The first-order chi connectivity index (χ1) is 13.0. The van der Waals surface area contributed by atoms with Gasteiger partial charge in [-0.2, -0.15) is 0 Å². The van der Waals surface area contributed by atoms with Gasteiger partial charge in [0.05, 0.1) is 29.2 Å². The third-order valence-electron chi connectivity index (χ3n) is 4.80. The lowest BCUT2D eigenvalue weighted by molar-refractivity contribution is 0.197. The molecule has 0 bridgehead atoms. The zero-order valence-corrected chi connectivity index (χ0v) is 15.5. The quantitative estimate of drug-likeness (QED) is 0.664. The molecule has 4 rings (SSSR count). The molecule has 0 aromatic carbocycles. The Hall–Kier alpha value is -3.19. The monoisotopic (exact) mass is 363 g/mol. The van der Waals surface area contributed by atoms with Crippen LogP contribution in [0, 0.1) is 19.3 Å². The molecule has 0 amide bonds. The number of aliphatic hydroxyl groups excluding tert-OH is 1. The van der Waals surface area contributed by atoms with Crippen LogP contribution in [0.4, 0.5) is 5.69 Å². The average molecular weight is 363 g/mol. The van der Waals surface area contributed by atoms with Gasteiger partial charge in [0.15, 0.2) is 5.69 Å². The zero-order valence-electron chi connectivity index (χ0n) is 15.5. The smallest absolute Gasteiger partial charge is 0.260 e. The van der Waals surface area contributed by atoms with Gasteiger partial charge in [-0.15, -0.1) is 5.10 Å². The van der Waals surface area contributed by atoms with Crippen molar-refractivity contribution in [1.29, 1.82) is 5.41 Å². The Kier molecular flexibility index (Phi) is 4.16. The molecule has 0 unspecified atom stereocenters. The van der Waals surface area contributed by atoms with Crippen LogP contribution >= 0.6 is 0 Å². The Morgan fingerprint density at radius 2 is 2.11 bits per heavy atom. The molecule has 0 spiro atoms. The molecule has 1 aliphatic carbocycles. The fraction of sp³-hybridized carbons (Fsp3) is 0.250. The maximum Gasteiger partial charge on any atom is 0.260 e. The summed E-state index contributed by atoms with van der Waals surface area (Å²) in [4.78, 5) is 8.11. The van der Waals surface area contributed by atoms with Crippen molar-refractivity contribution in [2.75, 3.05) is 13.2 Å². The van der Waals surface area contributed by atoms with Crippen LogP contribution in [-0.2, 0) is 0 Å². The number of aryl methyl sites for hydroxylation is 1. The molecule has 0 atom stereocenters. The molecular weight excluding hydrogens is 342 g/mol. The normalized spacial score (nSPS) is 15.3. The maximum atomic E-state index is 9.09. The van der Waals surface area contributed by atoms with E-state index in [1.54, 1.807) is 4.52 Å². The molecule has 0 radical (unpaired) electrons. The molecule has 3 aromatic rings. The lowest BCUT2D eigenvalue weighted by atomic mass is 9.92. The van der Waals surface area contributed by atoms with Crippen molar-refractivity contribution >= 4 is 28.2 Å². The first-order valence-electron chi connectivity index (χ1n) is 8.78.